The Balaban J connectivity index is 3.17. The Morgan fingerprint density at radius 2 is 1.67 bits per heavy atom. The van der Waals surface area contributed by atoms with Gasteiger partial charge in [0.05, 0.1) is 0 Å². The molecule has 0 aliphatic heterocycles. The zero-order chi connectivity index (χ0) is 11.6. The Morgan fingerprint density at radius 3 is 2.07 bits per heavy atom. The maximum Gasteiger partial charge on any atom is 0.292 e. The van der Waals surface area contributed by atoms with Crippen molar-refractivity contribution >= 4 is 34.9 Å². The number of Topliss-reactive ketones (excluding diaryl/α,β-unsaturated/α-hetero) is 1. The van der Waals surface area contributed by atoms with Crippen LogP contribution in [0.3, 0.4) is 0 Å². The first kappa shape index (κ1) is 12.0. The van der Waals surface area contributed by atoms with Crippen LogP contribution >= 0.6 is 23.2 Å². The molecule has 0 aliphatic rings. The van der Waals surface area contributed by atoms with Crippen molar-refractivity contribution < 1.29 is 9.59 Å². The van der Waals surface area contributed by atoms with E-state index in [9.17, 15) is 9.59 Å². The highest BCUT2D eigenvalue weighted by Gasteiger charge is 2.16. The molecule has 0 saturated carbocycles. The lowest BCUT2D eigenvalue weighted by atomic mass is 10.1. The topological polar surface area (TPSA) is 46.2 Å². The third-order valence-corrected chi connectivity index (χ3v) is 2.76. The normalized spacial score (nSPS) is 9.87. The van der Waals surface area contributed by atoms with E-state index in [-0.39, 0.29) is 5.56 Å². The fourth-order valence-electron chi connectivity index (χ4n) is 1.02. The highest BCUT2D eigenvalue weighted by Crippen LogP contribution is 2.25. The molecule has 0 saturated heterocycles. The van der Waals surface area contributed by atoms with Gasteiger partial charge < -0.3 is 5.32 Å². The summed E-state index contributed by atoms with van der Waals surface area (Å²) in [6, 6.07) is 2.86. The Bertz CT molecular complexity index is 406. The number of ketones is 1. The van der Waals surface area contributed by atoms with Gasteiger partial charge in [-0.1, -0.05) is 23.2 Å². The molecule has 1 amide bonds. The van der Waals surface area contributed by atoms with Gasteiger partial charge in [-0.2, -0.15) is 0 Å². The summed E-state index contributed by atoms with van der Waals surface area (Å²) in [4.78, 5) is 22.5. The minimum atomic E-state index is -0.689. The summed E-state index contributed by atoms with van der Waals surface area (Å²) in [7, 11) is 1.39. The van der Waals surface area contributed by atoms with Crippen molar-refractivity contribution in [1.82, 2.24) is 5.32 Å². The van der Waals surface area contributed by atoms with Gasteiger partial charge in [0.2, 0.25) is 5.78 Å². The second-order valence-corrected chi connectivity index (χ2v) is 3.79. The van der Waals surface area contributed by atoms with Crippen molar-refractivity contribution in [3.63, 3.8) is 0 Å². The van der Waals surface area contributed by atoms with Gasteiger partial charge in [0.15, 0.2) is 0 Å². The van der Waals surface area contributed by atoms with Gasteiger partial charge in [0.1, 0.15) is 0 Å². The van der Waals surface area contributed by atoms with E-state index in [2.05, 4.69) is 5.32 Å². The zero-order valence-electron chi connectivity index (χ0n) is 8.23. The summed E-state index contributed by atoms with van der Waals surface area (Å²) in [6.07, 6.45) is 0. The third kappa shape index (κ3) is 2.49. The van der Waals surface area contributed by atoms with Crippen molar-refractivity contribution in [3.8, 4) is 0 Å². The minimum absolute atomic E-state index is 0.190. The Labute approximate surface area is 97.4 Å². The summed E-state index contributed by atoms with van der Waals surface area (Å²) >= 11 is 11.7. The van der Waals surface area contributed by atoms with Gasteiger partial charge in [-0.05, 0) is 24.6 Å². The molecular formula is C10H9Cl2NO2. The van der Waals surface area contributed by atoms with Crippen LogP contribution in [0.4, 0.5) is 0 Å². The molecule has 0 fully saturated rings. The van der Waals surface area contributed by atoms with Crippen molar-refractivity contribution in [1.29, 1.82) is 0 Å². The summed E-state index contributed by atoms with van der Waals surface area (Å²) in [5, 5.41) is 2.98. The maximum absolute atomic E-state index is 11.5. The summed E-state index contributed by atoms with van der Waals surface area (Å²) < 4.78 is 0. The number of halogens is 2. The number of rotatable bonds is 2. The van der Waals surface area contributed by atoms with Crippen LogP contribution in [0.5, 0.6) is 0 Å². The molecule has 80 valence electrons. The average molecular weight is 246 g/mol. The van der Waals surface area contributed by atoms with E-state index in [1.54, 1.807) is 6.92 Å². The maximum atomic E-state index is 11.5. The molecule has 0 atom stereocenters. The lowest BCUT2D eigenvalue weighted by Gasteiger charge is -2.04. The number of hydrogen-bond acceptors (Lipinski definition) is 2. The average Bonchev–Trinajstić information content (AvgIpc) is 2.23. The van der Waals surface area contributed by atoms with Crippen molar-refractivity contribution in [2.75, 3.05) is 7.05 Å². The number of amides is 1. The first-order chi connectivity index (χ1) is 6.97. The Morgan fingerprint density at radius 1 is 1.20 bits per heavy atom. The molecule has 0 aromatic heterocycles. The summed E-state index contributed by atoms with van der Waals surface area (Å²) in [5.74, 6) is -1.34. The van der Waals surface area contributed by atoms with Crippen LogP contribution in [0, 0.1) is 6.92 Å². The van der Waals surface area contributed by atoms with Crippen LogP contribution in [0.15, 0.2) is 12.1 Å². The predicted molar refractivity (Wildman–Crippen MR) is 59.6 cm³/mol. The molecule has 0 unspecified atom stereocenters. The molecular weight excluding hydrogens is 237 g/mol. The highest BCUT2D eigenvalue weighted by atomic mass is 35.5. The van der Waals surface area contributed by atoms with Crippen molar-refractivity contribution in [2.24, 2.45) is 0 Å². The zero-order valence-corrected chi connectivity index (χ0v) is 9.74. The molecule has 0 aliphatic carbocycles. The number of hydrogen-bond donors (Lipinski definition) is 1. The van der Waals surface area contributed by atoms with Crippen LogP contribution in [0.2, 0.25) is 10.0 Å². The molecule has 5 heteroatoms. The number of benzene rings is 1. The van der Waals surface area contributed by atoms with E-state index in [0.29, 0.717) is 15.6 Å². The third-order valence-electron chi connectivity index (χ3n) is 1.98. The van der Waals surface area contributed by atoms with Crippen LogP contribution < -0.4 is 5.32 Å². The van der Waals surface area contributed by atoms with Gasteiger partial charge in [-0.25, -0.2) is 0 Å². The van der Waals surface area contributed by atoms with E-state index in [0.717, 1.165) is 0 Å². The first-order valence-electron chi connectivity index (χ1n) is 4.19. The van der Waals surface area contributed by atoms with Gasteiger partial charge in [0, 0.05) is 22.7 Å². The molecule has 1 aromatic rings. The monoisotopic (exact) mass is 245 g/mol. The van der Waals surface area contributed by atoms with Crippen LogP contribution in [0.25, 0.3) is 0 Å². The fourth-order valence-corrected chi connectivity index (χ4v) is 1.51. The van der Waals surface area contributed by atoms with Crippen molar-refractivity contribution in [3.05, 3.63) is 33.3 Å². The van der Waals surface area contributed by atoms with E-state index in [4.69, 9.17) is 23.2 Å². The van der Waals surface area contributed by atoms with Gasteiger partial charge in [-0.3, -0.25) is 9.59 Å². The predicted octanol–water partition coefficient (Wildman–Crippen LogP) is 2.23. The lowest BCUT2D eigenvalue weighted by Crippen LogP contribution is -2.27. The van der Waals surface area contributed by atoms with Crippen LogP contribution in [-0.2, 0) is 4.79 Å². The number of likely N-dealkylation sites (N-methyl/N-ethyl adjacent to an activating group) is 1. The quantitative estimate of drug-likeness (QED) is 0.642. The van der Waals surface area contributed by atoms with E-state index >= 15 is 0 Å². The summed E-state index contributed by atoms with van der Waals surface area (Å²) in [6.45, 7) is 1.73. The molecule has 15 heavy (non-hydrogen) atoms. The standard InChI is InChI=1S/C10H9Cl2NO2/c1-5-7(11)3-6(4-8(5)12)9(14)10(15)13-2/h3-4H,1-2H3,(H,13,15). The molecule has 1 aromatic carbocycles. The van der Waals surface area contributed by atoms with E-state index < -0.39 is 11.7 Å². The first-order valence-corrected chi connectivity index (χ1v) is 4.95. The molecule has 3 nitrogen and oxygen atoms in total. The van der Waals surface area contributed by atoms with E-state index in [1.807, 2.05) is 0 Å². The van der Waals surface area contributed by atoms with Crippen LogP contribution in [-0.4, -0.2) is 18.7 Å². The van der Waals surface area contributed by atoms with Crippen molar-refractivity contribution in [2.45, 2.75) is 6.92 Å². The van der Waals surface area contributed by atoms with Crippen LogP contribution in [0.1, 0.15) is 15.9 Å². The Kier molecular flexibility index (Phi) is 3.72. The molecule has 1 rings (SSSR count). The molecule has 0 heterocycles. The highest BCUT2D eigenvalue weighted by molar-refractivity contribution is 6.44. The Hall–Kier alpha value is -1.06. The SMILES string of the molecule is CNC(=O)C(=O)c1cc(Cl)c(C)c(Cl)c1. The summed E-state index contributed by atoms with van der Waals surface area (Å²) in [5.41, 5.74) is 0.877. The van der Waals surface area contributed by atoms with E-state index in [1.165, 1.54) is 19.2 Å². The second-order valence-electron chi connectivity index (χ2n) is 2.97. The molecule has 0 spiro atoms. The van der Waals surface area contributed by atoms with Gasteiger partial charge in [0.25, 0.3) is 5.91 Å². The number of carbonyl (C=O) groups is 2. The number of nitrogens with one attached hydrogen (secondary N) is 1. The smallest absolute Gasteiger partial charge is 0.292 e. The molecule has 0 radical (unpaired) electrons. The molecule has 0 bridgehead atoms. The fraction of sp³-hybridized carbons (Fsp3) is 0.200. The second kappa shape index (κ2) is 4.64. The largest absolute Gasteiger partial charge is 0.352 e. The number of carbonyl (C=O) groups excluding carboxylic acids is 2. The minimum Gasteiger partial charge on any atom is -0.352 e. The van der Waals surface area contributed by atoms with Gasteiger partial charge in [-0.15, -0.1) is 0 Å². The molecule has 1 N–H and O–H groups in total. The lowest BCUT2D eigenvalue weighted by molar-refractivity contribution is -0.116. The van der Waals surface area contributed by atoms with Gasteiger partial charge >= 0.3 is 0 Å².